The first-order valence-corrected chi connectivity index (χ1v) is 8.56. The van der Waals surface area contributed by atoms with Crippen molar-refractivity contribution in [3.63, 3.8) is 0 Å². The smallest absolute Gasteiger partial charge is 0.0267 e. The molecule has 1 aromatic rings. The Bertz CT molecular complexity index is 91.8. The predicted octanol–water partition coefficient (Wildman–Crippen LogP) is 1.87. The summed E-state index contributed by atoms with van der Waals surface area (Å²) < 4.78 is 0. The van der Waals surface area contributed by atoms with Gasteiger partial charge < -0.3 is 0 Å². The quantitative estimate of drug-likeness (QED) is 0.617. The summed E-state index contributed by atoms with van der Waals surface area (Å²) in [6.45, 7) is 0. The maximum atomic E-state index is 3.78. The number of rotatable bonds is 0. The molecule has 0 unspecified atom stereocenters. The minimum absolute atomic E-state index is 0.230. The standard InChI is InChI=1S/C5H5N.2CH3.Sn/c1-2-4-6-5-3-1;;;/h1-5H;2*1H3;. The Hall–Kier alpha value is -0.0513. The van der Waals surface area contributed by atoms with Crippen LogP contribution in [0, 0.1) is 0 Å². The van der Waals surface area contributed by atoms with Gasteiger partial charge in [0.25, 0.3) is 0 Å². The first-order valence-electron chi connectivity index (χ1n) is 2.85. The second kappa shape index (κ2) is 7.95. The summed E-state index contributed by atoms with van der Waals surface area (Å²) in [5, 5.41) is 0. The van der Waals surface area contributed by atoms with Gasteiger partial charge in [0.05, 0.1) is 0 Å². The van der Waals surface area contributed by atoms with Gasteiger partial charge in [0.15, 0.2) is 0 Å². The van der Waals surface area contributed by atoms with Crippen molar-refractivity contribution in [2.75, 3.05) is 0 Å². The van der Waals surface area contributed by atoms with Crippen LogP contribution >= 0.6 is 0 Å². The SMILES string of the molecule is [CH3][Sn][CH3].c1ccncc1. The molecule has 9 heavy (non-hydrogen) atoms. The molecular formula is C7H11NSn. The molecule has 0 spiro atoms. The molecule has 0 aromatic carbocycles. The second-order valence-corrected chi connectivity index (χ2v) is 4.38. The number of pyridine rings is 1. The van der Waals surface area contributed by atoms with Gasteiger partial charge in [-0.15, -0.1) is 0 Å². The van der Waals surface area contributed by atoms with Crippen molar-refractivity contribution < 1.29 is 0 Å². The Morgan fingerprint density at radius 1 is 1.00 bits per heavy atom. The van der Waals surface area contributed by atoms with Crippen molar-refractivity contribution in [1.29, 1.82) is 0 Å². The van der Waals surface area contributed by atoms with Crippen LogP contribution in [0.15, 0.2) is 30.6 Å². The number of aromatic nitrogens is 1. The third kappa shape index (κ3) is 7.95. The molecule has 1 nitrogen and oxygen atoms in total. The molecule has 48 valence electrons. The third-order valence-corrected chi connectivity index (χ3v) is 0.566. The number of hydrogen-bond donors (Lipinski definition) is 0. The van der Waals surface area contributed by atoms with E-state index in [1.165, 1.54) is 0 Å². The van der Waals surface area contributed by atoms with Crippen molar-refractivity contribution in [3.8, 4) is 0 Å². The van der Waals surface area contributed by atoms with Gasteiger partial charge in [0, 0.05) is 12.4 Å². The van der Waals surface area contributed by atoms with Gasteiger partial charge in [-0.3, -0.25) is 4.98 Å². The van der Waals surface area contributed by atoms with Crippen LogP contribution in [-0.2, 0) is 0 Å². The summed E-state index contributed by atoms with van der Waals surface area (Å²) in [6.07, 6.45) is 3.50. The topological polar surface area (TPSA) is 12.9 Å². The van der Waals surface area contributed by atoms with Crippen molar-refractivity contribution in [3.05, 3.63) is 30.6 Å². The zero-order valence-electron chi connectivity index (χ0n) is 5.83. The molecule has 0 saturated carbocycles. The van der Waals surface area contributed by atoms with Crippen LogP contribution in [0.25, 0.3) is 0 Å². The van der Waals surface area contributed by atoms with Crippen LogP contribution in [0.4, 0.5) is 0 Å². The van der Waals surface area contributed by atoms with Gasteiger partial charge in [-0.25, -0.2) is 0 Å². The summed E-state index contributed by atoms with van der Waals surface area (Å²) in [7, 11) is 0. The Balaban J connectivity index is 0.000000187. The van der Waals surface area contributed by atoms with Crippen LogP contribution in [-0.4, -0.2) is 26.1 Å². The van der Waals surface area contributed by atoms with E-state index in [4.69, 9.17) is 0 Å². The summed E-state index contributed by atoms with van der Waals surface area (Å²) >= 11 is 0.230. The van der Waals surface area contributed by atoms with Gasteiger partial charge in [-0.2, -0.15) is 0 Å². The van der Waals surface area contributed by atoms with Gasteiger partial charge in [0.1, 0.15) is 0 Å². The molecule has 0 bridgehead atoms. The zero-order valence-corrected chi connectivity index (χ0v) is 8.69. The van der Waals surface area contributed by atoms with E-state index in [0.29, 0.717) is 0 Å². The normalized spacial score (nSPS) is 7.33. The van der Waals surface area contributed by atoms with Crippen molar-refractivity contribution in [2.45, 2.75) is 9.88 Å². The maximum absolute atomic E-state index is 3.78. The fourth-order valence-electron chi connectivity index (χ4n) is 0.313. The van der Waals surface area contributed by atoms with E-state index in [2.05, 4.69) is 14.9 Å². The molecule has 0 aliphatic heterocycles. The first-order chi connectivity index (χ1) is 4.41. The average molecular weight is 228 g/mol. The minimum atomic E-state index is 0.230. The molecule has 0 aliphatic carbocycles. The number of nitrogens with zero attached hydrogens (tertiary/aromatic N) is 1. The van der Waals surface area contributed by atoms with E-state index in [9.17, 15) is 0 Å². The van der Waals surface area contributed by atoms with Crippen LogP contribution in [0.1, 0.15) is 0 Å². The monoisotopic (exact) mass is 229 g/mol. The van der Waals surface area contributed by atoms with Crippen molar-refractivity contribution in [1.82, 2.24) is 4.98 Å². The first kappa shape index (κ1) is 8.95. The summed E-state index contributed by atoms with van der Waals surface area (Å²) in [5.74, 6) is 0. The predicted molar refractivity (Wildman–Crippen MR) is 41.7 cm³/mol. The van der Waals surface area contributed by atoms with Gasteiger partial charge in [0.2, 0.25) is 0 Å². The molecule has 0 N–H and O–H groups in total. The molecule has 0 saturated heterocycles. The van der Waals surface area contributed by atoms with E-state index >= 15 is 0 Å². The van der Waals surface area contributed by atoms with Crippen LogP contribution in [0.5, 0.6) is 0 Å². The molecular weight excluding hydrogens is 217 g/mol. The Morgan fingerprint density at radius 3 is 1.56 bits per heavy atom. The molecule has 0 atom stereocenters. The summed E-state index contributed by atoms with van der Waals surface area (Å²) in [5.41, 5.74) is 0. The van der Waals surface area contributed by atoms with E-state index in [1.807, 2.05) is 18.2 Å². The minimum Gasteiger partial charge on any atom is -0.265 e. The molecule has 1 heterocycles. The molecule has 0 aliphatic rings. The fraction of sp³-hybridized carbons (Fsp3) is 0.286. The van der Waals surface area contributed by atoms with Gasteiger partial charge in [-0.1, -0.05) is 6.07 Å². The molecule has 2 heteroatoms. The van der Waals surface area contributed by atoms with E-state index in [1.54, 1.807) is 12.4 Å². The molecule has 2 radical (unpaired) electrons. The second-order valence-electron chi connectivity index (χ2n) is 1.52. The zero-order chi connectivity index (χ0) is 6.95. The van der Waals surface area contributed by atoms with Gasteiger partial charge >= 0.3 is 31.0 Å². The van der Waals surface area contributed by atoms with Crippen molar-refractivity contribution in [2.24, 2.45) is 0 Å². The average Bonchev–Trinajstić information content (AvgIpc) is 1.93. The Kier molecular flexibility index (Phi) is 7.90. The number of hydrogen-bond acceptors (Lipinski definition) is 1. The molecule has 1 aromatic heterocycles. The maximum Gasteiger partial charge on any atom is 0.0267 e. The Morgan fingerprint density at radius 2 is 1.44 bits per heavy atom. The Labute approximate surface area is 66.7 Å². The van der Waals surface area contributed by atoms with Gasteiger partial charge in [-0.05, 0) is 12.1 Å². The van der Waals surface area contributed by atoms with E-state index in [-0.39, 0.29) is 21.1 Å². The third-order valence-electron chi connectivity index (χ3n) is 0.566. The van der Waals surface area contributed by atoms with Crippen LogP contribution < -0.4 is 0 Å². The van der Waals surface area contributed by atoms with Crippen molar-refractivity contribution >= 4 is 21.1 Å². The molecule has 1 rings (SSSR count). The molecule has 0 fully saturated rings. The fourth-order valence-corrected chi connectivity index (χ4v) is 0.313. The van der Waals surface area contributed by atoms with E-state index < -0.39 is 0 Å². The molecule has 0 amide bonds. The van der Waals surface area contributed by atoms with Crippen LogP contribution in [0.2, 0.25) is 9.88 Å². The summed E-state index contributed by atoms with van der Waals surface area (Å²) in [6, 6.07) is 5.72. The largest absolute Gasteiger partial charge is 0.265 e. The van der Waals surface area contributed by atoms with E-state index in [0.717, 1.165) is 0 Å². The summed E-state index contributed by atoms with van der Waals surface area (Å²) in [4.78, 5) is 8.37. The van der Waals surface area contributed by atoms with Crippen LogP contribution in [0.3, 0.4) is 0 Å².